The van der Waals surface area contributed by atoms with Crippen molar-refractivity contribution in [2.24, 2.45) is 11.7 Å². The fourth-order valence-corrected chi connectivity index (χ4v) is 2.42. The molecular formula is C13H16F3N3. The minimum absolute atomic E-state index is 0.0615. The van der Waals surface area contributed by atoms with Gasteiger partial charge in [0.25, 0.3) is 0 Å². The highest BCUT2D eigenvalue weighted by atomic mass is 19.4. The van der Waals surface area contributed by atoms with Crippen molar-refractivity contribution in [3.63, 3.8) is 0 Å². The van der Waals surface area contributed by atoms with Crippen LogP contribution in [0.3, 0.4) is 0 Å². The molecule has 0 saturated carbocycles. The van der Waals surface area contributed by atoms with Gasteiger partial charge in [-0.1, -0.05) is 12.1 Å². The van der Waals surface area contributed by atoms with Gasteiger partial charge in [-0.15, -0.1) is 0 Å². The van der Waals surface area contributed by atoms with Crippen molar-refractivity contribution in [2.45, 2.75) is 19.0 Å². The first-order valence-electron chi connectivity index (χ1n) is 6.14. The molecule has 0 unspecified atom stereocenters. The second-order valence-electron chi connectivity index (χ2n) is 4.73. The number of amidine groups is 1. The molecule has 3 N–H and O–H groups in total. The maximum atomic E-state index is 12.6. The Morgan fingerprint density at radius 3 is 2.32 bits per heavy atom. The smallest absolute Gasteiger partial charge is 0.384 e. The second kappa shape index (κ2) is 5.11. The van der Waals surface area contributed by atoms with Crippen molar-refractivity contribution >= 4 is 11.5 Å². The highest BCUT2D eigenvalue weighted by Gasteiger charge is 2.41. The lowest BCUT2D eigenvalue weighted by atomic mass is 9.95. The third kappa shape index (κ3) is 3.00. The van der Waals surface area contributed by atoms with Crippen molar-refractivity contribution in [2.75, 3.05) is 18.0 Å². The molecule has 2 rings (SSSR count). The fraction of sp³-hybridized carbons (Fsp3) is 0.462. The Morgan fingerprint density at radius 1 is 1.21 bits per heavy atom. The molecule has 1 saturated heterocycles. The average Bonchev–Trinajstić information content (AvgIpc) is 2.38. The van der Waals surface area contributed by atoms with Gasteiger partial charge in [-0.25, -0.2) is 0 Å². The van der Waals surface area contributed by atoms with Crippen LogP contribution in [0.5, 0.6) is 0 Å². The number of nitrogens with two attached hydrogens (primary N) is 1. The molecule has 1 aliphatic rings. The first-order chi connectivity index (χ1) is 8.89. The van der Waals surface area contributed by atoms with Gasteiger partial charge in [0.15, 0.2) is 0 Å². The van der Waals surface area contributed by atoms with Crippen molar-refractivity contribution in [3.05, 3.63) is 29.8 Å². The van der Waals surface area contributed by atoms with E-state index >= 15 is 0 Å². The Bertz CT molecular complexity index is 462. The number of nitrogens with zero attached hydrogens (tertiary/aromatic N) is 1. The lowest BCUT2D eigenvalue weighted by Gasteiger charge is -2.35. The average molecular weight is 271 g/mol. The molecule has 3 nitrogen and oxygen atoms in total. The zero-order chi connectivity index (χ0) is 14.0. The Morgan fingerprint density at radius 2 is 1.79 bits per heavy atom. The Kier molecular flexibility index (Phi) is 3.68. The maximum Gasteiger partial charge on any atom is 0.391 e. The molecule has 1 heterocycles. The number of rotatable bonds is 2. The largest absolute Gasteiger partial charge is 0.391 e. The van der Waals surface area contributed by atoms with Crippen LogP contribution in [0, 0.1) is 11.3 Å². The maximum absolute atomic E-state index is 12.6. The normalized spacial score (nSPS) is 17.5. The second-order valence-corrected chi connectivity index (χ2v) is 4.73. The van der Waals surface area contributed by atoms with E-state index in [1.807, 2.05) is 4.90 Å². The molecule has 1 fully saturated rings. The van der Waals surface area contributed by atoms with Crippen LogP contribution in [0.4, 0.5) is 18.9 Å². The predicted octanol–water partition coefficient (Wildman–Crippen LogP) is 2.75. The van der Waals surface area contributed by atoms with Gasteiger partial charge in [0, 0.05) is 24.3 Å². The summed E-state index contributed by atoms with van der Waals surface area (Å²) in [7, 11) is 0. The number of hydrogen-bond donors (Lipinski definition) is 2. The van der Waals surface area contributed by atoms with E-state index < -0.39 is 12.1 Å². The number of anilines is 1. The van der Waals surface area contributed by atoms with E-state index in [2.05, 4.69) is 0 Å². The van der Waals surface area contributed by atoms with Crippen molar-refractivity contribution in [1.82, 2.24) is 0 Å². The molecule has 0 radical (unpaired) electrons. The quantitative estimate of drug-likeness (QED) is 0.642. The molecule has 0 bridgehead atoms. The number of piperidine rings is 1. The van der Waals surface area contributed by atoms with E-state index in [0.29, 0.717) is 18.7 Å². The fourth-order valence-electron chi connectivity index (χ4n) is 2.42. The zero-order valence-electron chi connectivity index (χ0n) is 10.4. The van der Waals surface area contributed by atoms with Crippen LogP contribution < -0.4 is 10.6 Å². The third-order valence-electron chi connectivity index (χ3n) is 3.49. The van der Waals surface area contributed by atoms with E-state index in [1.165, 1.54) is 0 Å². The van der Waals surface area contributed by atoms with Gasteiger partial charge in [0.05, 0.1) is 5.92 Å². The molecule has 0 aliphatic carbocycles. The SMILES string of the molecule is N=C(N)c1ccccc1N1CCC(C(F)(F)F)CC1. The molecule has 1 aliphatic heterocycles. The third-order valence-corrected chi connectivity index (χ3v) is 3.49. The summed E-state index contributed by atoms with van der Waals surface area (Å²) in [5.74, 6) is -1.28. The van der Waals surface area contributed by atoms with Crippen LogP contribution in [0.15, 0.2) is 24.3 Å². The van der Waals surface area contributed by atoms with E-state index in [4.69, 9.17) is 11.1 Å². The van der Waals surface area contributed by atoms with Crippen molar-refractivity contribution < 1.29 is 13.2 Å². The van der Waals surface area contributed by atoms with Crippen molar-refractivity contribution in [3.8, 4) is 0 Å². The number of para-hydroxylation sites is 1. The van der Waals surface area contributed by atoms with E-state index in [9.17, 15) is 13.2 Å². The Labute approximate surface area is 109 Å². The first-order valence-corrected chi connectivity index (χ1v) is 6.14. The molecule has 0 atom stereocenters. The van der Waals surface area contributed by atoms with Gasteiger partial charge in [-0.3, -0.25) is 5.41 Å². The molecular weight excluding hydrogens is 255 g/mol. The van der Waals surface area contributed by atoms with Crippen LogP contribution in [0.2, 0.25) is 0 Å². The van der Waals surface area contributed by atoms with Gasteiger partial charge in [0.2, 0.25) is 0 Å². The highest BCUT2D eigenvalue weighted by molar-refractivity contribution is 6.00. The van der Waals surface area contributed by atoms with Crippen LogP contribution in [-0.2, 0) is 0 Å². The summed E-state index contributed by atoms with van der Waals surface area (Å²) in [5, 5.41) is 7.50. The lowest BCUT2D eigenvalue weighted by molar-refractivity contribution is -0.179. The zero-order valence-corrected chi connectivity index (χ0v) is 10.4. The summed E-state index contributed by atoms with van der Waals surface area (Å²) in [6.07, 6.45) is -3.92. The van der Waals surface area contributed by atoms with E-state index in [1.54, 1.807) is 24.3 Å². The van der Waals surface area contributed by atoms with Gasteiger partial charge >= 0.3 is 6.18 Å². The van der Waals surface area contributed by atoms with Crippen LogP contribution in [0.25, 0.3) is 0 Å². The number of alkyl halides is 3. The molecule has 1 aromatic carbocycles. The monoisotopic (exact) mass is 271 g/mol. The summed E-state index contributed by atoms with van der Waals surface area (Å²) in [6.45, 7) is 0.683. The molecule has 0 amide bonds. The van der Waals surface area contributed by atoms with Crippen LogP contribution in [0.1, 0.15) is 18.4 Å². The predicted molar refractivity (Wildman–Crippen MR) is 68.5 cm³/mol. The standard InChI is InChI=1S/C13H16F3N3/c14-13(15,16)9-5-7-19(8-6-9)11-4-2-1-3-10(11)12(17)18/h1-4,9H,5-8H2,(H3,17,18). The topological polar surface area (TPSA) is 53.1 Å². The summed E-state index contributed by atoms with van der Waals surface area (Å²) in [6, 6.07) is 7.08. The summed E-state index contributed by atoms with van der Waals surface area (Å²) >= 11 is 0. The van der Waals surface area contributed by atoms with Gasteiger partial charge < -0.3 is 10.6 Å². The molecule has 19 heavy (non-hydrogen) atoms. The molecule has 0 aromatic heterocycles. The summed E-state index contributed by atoms with van der Waals surface area (Å²) in [4.78, 5) is 1.87. The van der Waals surface area contributed by atoms with Crippen LogP contribution in [-0.4, -0.2) is 25.1 Å². The minimum atomic E-state index is -4.10. The number of benzene rings is 1. The van der Waals surface area contributed by atoms with Gasteiger partial charge in [-0.2, -0.15) is 13.2 Å². The summed E-state index contributed by atoms with van der Waals surface area (Å²) < 4.78 is 37.8. The van der Waals surface area contributed by atoms with E-state index in [-0.39, 0.29) is 18.7 Å². The minimum Gasteiger partial charge on any atom is -0.384 e. The number of hydrogen-bond acceptors (Lipinski definition) is 2. The molecule has 0 spiro atoms. The lowest BCUT2D eigenvalue weighted by Crippen LogP contribution is -2.39. The Balaban J connectivity index is 2.12. The Hall–Kier alpha value is -1.72. The molecule has 104 valence electrons. The summed E-state index contributed by atoms with van der Waals surface area (Å²) in [5.41, 5.74) is 6.82. The highest BCUT2D eigenvalue weighted by Crippen LogP contribution is 2.35. The van der Waals surface area contributed by atoms with Gasteiger partial charge in [-0.05, 0) is 25.0 Å². The number of nitrogen functional groups attached to an aromatic ring is 1. The first kappa shape index (κ1) is 13.7. The van der Waals surface area contributed by atoms with Crippen LogP contribution >= 0.6 is 0 Å². The number of halogens is 3. The molecule has 6 heteroatoms. The number of nitrogens with one attached hydrogen (secondary N) is 1. The van der Waals surface area contributed by atoms with Gasteiger partial charge in [0.1, 0.15) is 5.84 Å². The van der Waals surface area contributed by atoms with E-state index in [0.717, 1.165) is 5.69 Å². The van der Waals surface area contributed by atoms with Crippen molar-refractivity contribution in [1.29, 1.82) is 5.41 Å². The molecule has 1 aromatic rings.